The molecule has 21 heavy (non-hydrogen) atoms. The van der Waals surface area contributed by atoms with Gasteiger partial charge in [-0.25, -0.2) is 4.79 Å². The molecule has 0 fully saturated rings. The maximum atomic E-state index is 11.6. The molecule has 0 amide bonds. The fourth-order valence-electron chi connectivity index (χ4n) is 1.91. The van der Waals surface area contributed by atoms with E-state index < -0.39 is 5.97 Å². The van der Waals surface area contributed by atoms with E-state index in [2.05, 4.69) is 0 Å². The average molecular weight is 286 g/mol. The quantitative estimate of drug-likeness (QED) is 0.690. The van der Waals surface area contributed by atoms with Gasteiger partial charge in [-0.1, -0.05) is 12.1 Å². The van der Waals surface area contributed by atoms with Gasteiger partial charge in [-0.3, -0.25) is 4.79 Å². The number of phenolic OH excluding ortho intramolecular Hbond substituents is 1. The third kappa shape index (κ3) is 2.86. The number of methoxy groups -OCH3 is 1. The van der Waals surface area contributed by atoms with Gasteiger partial charge in [0.1, 0.15) is 17.2 Å². The lowest BCUT2D eigenvalue weighted by Crippen LogP contribution is -2.04. The molecule has 0 bridgehead atoms. The Bertz CT molecular complexity index is 691. The van der Waals surface area contributed by atoms with Crippen molar-refractivity contribution in [3.8, 4) is 17.2 Å². The first-order valence-electron chi connectivity index (χ1n) is 6.21. The summed E-state index contributed by atoms with van der Waals surface area (Å²) in [5.41, 5.74) is 1.02. The second-order valence-corrected chi connectivity index (χ2v) is 4.33. The van der Waals surface area contributed by atoms with Crippen LogP contribution in [0.15, 0.2) is 36.4 Å². The number of aromatic hydroxyl groups is 1. The standard InChI is InChI=1S/C16H14O5/c1-10-11(16(19)20-2)5-3-7-14(10)21-15-8-4-6-13(18)12(15)9-17/h3-9,18H,1-2H3. The molecule has 0 heterocycles. The van der Waals surface area contributed by atoms with Crippen LogP contribution in [0, 0.1) is 6.92 Å². The van der Waals surface area contributed by atoms with Gasteiger partial charge in [0, 0.05) is 5.56 Å². The van der Waals surface area contributed by atoms with Crippen molar-refractivity contribution < 1.29 is 24.2 Å². The first-order chi connectivity index (χ1) is 10.1. The summed E-state index contributed by atoms with van der Waals surface area (Å²) >= 11 is 0. The number of benzene rings is 2. The van der Waals surface area contributed by atoms with Gasteiger partial charge in [0.25, 0.3) is 0 Å². The summed E-state index contributed by atoms with van der Waals surface area (Å²) in [7, 11) is 1.30. The first kappa shape index (κ1) is 14.6. The van der Waals surface area contributed by atoms with E-state index in [1.54, 1.807) is 37.3 Å². The summed E-state index contributed by atoms with van der Waals surface area (Å²) in [5.74, 6) is -0.00420. The van der Waals surface area contributed by atoms with E-state index in [0.29, 0.717) is 23.2 Å². The molecule has 2 rings (SSSR count). The van der Waals surface area contributed by atoms with Crippen LogP contribution < -0.4 is 4.74 Å². The van der Waals surface area contributed by atoms with Crippen LogP contribution in [0.25, 0.3) is 0 Å². The molecule has 0 spiro atoms. The minimum Gasteiger partial charge on any atom is -0.507 e. The average Bonchev–Trinajstić information content (AvgIpc) is 2.49. The van der Waals surface area contributed by atoms with Gasteiger partial charge in [-0.2, -0.15) is 0 Å². The Morgan fingerprint density at radius 2 is 1.81 bits per heavy atom. The number of hydrogen-bond donors (Lipinski definition) is 1. The molecule has 0 saturated carbocycles. The smallest absolute Gasteiger partial charge is 0.338 e. The highest BCUT2D eigenvalue weighted by Gasteiger charge is 2.15. The van der Waals surface area contributed by atoms with Crippen molar-refractivity contribution in [3.63, 3.8) is 0 Å². The van der Waals surface area contributed by atoms with Crippen LogP contribution in [0.1, 0.15) is 26.3 Å². The second-order valence-electron chi connectivity index (χ2n) is 4.33. The van der Waals surface area contributed by atoms with E-state index in [9.17, 15) is 14.7 Å². The minimum absolute atomic E-state index is 0.0559. The lowest BCUT2D eigenvalue weighted by molar-refractivity contribution is 0.0599. The molecule has 0 aromatic heterocycles. The topological polar surface area (TPSA) is 72.8 Å². The molecule has 0 aliphatic carbocycles. The number of carbonyl (C=O) groups excluding carboxylic acids is 2. The zero-order valence-electron chi connectivity index (χ0n) is 11.6. The summed E-state index contributed by atoms with van der Waals surface area (Å²) < 4.78 is 10.3. The summed E-state index contributed by atoms with van der Waals surface area (Å²) in [6.07, 6.45) is 0.518. The molecule has 2 aromatic carbocycles. The molecule has 1 N–H and O–H groups in total. The highest BCUT2D eigenvalue weighted by Crippen LogP contribution is 2.32. The fraction of sp³-hybridized carbons (Fsp3) is 0.125. The van der Waals surface area contributed by atoms with Crippen molar-refractivity contribution in [2.45, 2.75) is 6.92 Å². The molecule has 0 unspecified atom stereocenters. The predicted octanol–water partition coefficient (Wildman–Crippen LogP) is 3.09. The van der Waals surface area contributed by atoms with Crippen molar-refractivity contribution >= 4 is 12.3 Å². The monoisotopic (exact) mass is 286 g/mol. The largest absolute Gasteiger partial charge is 0.507 e. The fourth-order valence-corrected chi connectivity index (χ4v) is 1.91. The first-order valence-corrected chi connectivity index (χ1v) is 6.21. The molecule has 0 aliphatic rings. The molecule has 5 heteroatoms. The highest BCUT2D eigenvalue weighted by atomic mass is 16.5. The van der Waals surface area contributed by atoms with Gasteiger partial charge in [0.15, 0.2) is 6.29 Å². The van der Waals surface area contributed by atoms with Crippen molar-refractivity contribution in [2.24, 2.45) is 0 Å². The van der Waals surface area contributed by atoms with Crippen LogP contribution in [-0.4, -0.2) is 24.5 Å². The number of esters is 1. The van der Waals surface area contributed by atoms with Crippen LogP contribution in [0.4, 0.5) is 0 Å². The van der Waals surface area contributed by atoms with Crippen molar-refractivity contribution in [1.82, 2.24) is 0 Å². The van der Waals surface area contributed by atoms with Gasteiger partial charge in [0.05, 0.1) is 18.2 Å². The summed E-state index contributed by atoms with van der Waals surface area (Å²) in [6.45, 7) is 1.71. The highest BCUT2D eigenvalue weighted by molar-refractivity contribution is 5.91. The predicted molar refractivity (Wildman–Crippen MR) is 76.1 cm³/mol. The maximum absolute atomic E-state index is 11.6. The van der Waals surface area contributed by atoms with Gasteiger partial charge >= 0.3 is 5.97 Å². The van der Waals surface area contributed by atoms with Gasteiger partial charge in [0.2, 0.25) is 0 Å². The molecule has 108 valence electrons. The number of rotatable bonds is 4. The van der Waals surface area contributed by atoms with Crippen LogP contribution in [-0.2, 0) is 4.74 Å². The van der Waals surface area contributed by atoms with E-state index in [1.807, 2.05) is 0 Å². The van der Waals surface area contributed by atoms with Crippen molar-refractivity contribution in [2.75, 3.05) is 7.11 Å². The molecule has 0 aliphatic heterocycles. The lowest BCUT2D eigenvalue weighted by Gasteiger charge is -2.13. The molecular weight excluding hydrogens is 272 g/mol. The molecule has 2 aromatic rings. The Hall–Kier alpha value is -2.82. The molecule has 5 nitrogen and oxygen atoms in total. The van der Waals surface area contributed by atoms with Crippen LogP contribution in [0.3, 0.4) is 0 Å². The zero-order valence-corrected chi connectivity index (χ0v) is 11.6. The van der Waals surface area contributed by atoms with Crippen LogP contribution in [0.5, 0.6) is 17.2 Å². The van der Waals surface area contributed by atoms with E-state index in [0.717, 1.165) is 0 Å². The van der Waals surface area contributed by atoms with Gasteiger partial charge < -0.3 is 14.6 Å². The van der Waals surface area contributed by atoms with Gasteiger partial charge in [-0.05, 0) is 31.2 Å². The summed E-state index contributed by atoms with van der Waals surface area (Å²) in [5, 5.41) is 9.63. The number of phenols is 1. The normalized spacial score (nSPS) is 10.0. The van der Waals surface area contributed by atoms with Crippen molar-refractivity contribution in [3.05, 3.63) is 53.1 Å². The Labute approximate surface area is 121 Å². The van der Waals surface area contributed by atoms with Crippen LogP contribution >= 0.6 is 0 Å². The zero-order chi connectivity index (χ0) is 15.4. The number of ether oxygens (including phenoxy) is 2. The Balaban J connectivity index is 2.44. The summed E-state index contributed by atoms with van der Waals surface area (Å²) in [4.78, 5) is 22.7. The third-order valence-corrected chi connectivity index (χ3v) is 3.07. The van der Waals surface area contributed by atoms with E-state index >= 15 is 0 Å². The SMILES string of the molecule is COC(=O)c1cccc(Oc2cccc(O)c2C=O)c1C. The number of hydrogen-bond acceptors (Lipinski definition) is 5. The van der Waals surface area contributed by atoms with E-state index in [4.69, 9.17) is 9.47 Å². The van der Waals surface area contributed by atoms with Crippen molar-refractivity contribution in [1.29, 1.82) is 0 Å². The second kappa shape index (κ2) is 6.09. The molecule has 0 radical (unpaired) electrons. The molecule has 0 saturated heterocycles. The van der Waals surface area contributed by atoms with Gasteiger partial charge in [-0.15, -0.1) is 0 Å². The Kier molecular flexibility index (Phi) is 4.23. The van der Waals surface area contributed by atoms with E-state index in [-0.39, 0.29) is 17.1 Å². The number of aldehydes is 1. The maximum Gasteiger partial charge on any atom is 0.338 e. The lowest BCUT2D eigenvalue weighted by atomic mass is 10.1. The molecular formula is C16H14O5. The summed E-state index contributed by atoms with van der Waals surface area (Å²) in [6, 6.07) is 9.47. The Morgan fingerprint density at radius 1 is 1.14 bits per heavy atom. The number of carbonyl (C=O) groups is 2. The Morgan fingerprint density at radius 3 is 2.48 bits per heavy atom. The van der Waals surface area contributed by atoms with Crippen LogP contribution in [0.2, 0.25) is 0 Å². The minimum atomic E-state index is -0.468. The third-order valence-electron chi connectivity index (χ3n) is 3.07. The molecule has 0 atom stereocenters. The van der Waals surface area contributed by atoms with E-state index in [1.165, 1.54) is 13.2 Å².